The highest BCUT2D eigenvalue weighted by molar-refractivity contribution is 9.04. The summed E-state index contributed by atoms with van der Waals surface area (Å²) in [5, 5.41) is -13.7. The molecule has 0 aliphatic heterocycles. The van der Waals surface area contributed by atoms with Crippen LogP contribution in [0.1, 0.15) is 0 Å². The molecule has 0 N–H and O–H groups in total. The maximum absolute atomic E-state index is 12.4. The minimum atomic E-state index is -7.33. The average Bonchev–Trinajstić information content (AvgIpc) is 2.11. The Labute approximate surface area is 112 Å². The molecule has 0 aromatic heterocycles. The highest BCUT2D eigenvalue weighted by Gasteiger charge is 2.73. The van der Waals surface area contributed by atoms with Gasteiger partial charge in [0.1, 0.15) is 9.83 Å². The Hall–Kier alpha value is -0.450. The van der Waals surface area contributed by atoms with Gasteiger partial charge in [0.2, 0.25) is 0 Å². The van der Waals surface area contributed by atoms with Gasteiger partial charge in [-0.15, -0.1) is 0 Å². The van der Waals surface area contributed by atoms with Gasteiger partial charge in [0.15, 0.2) is 0 Å². The van der Waals surface area contributed by atoms with Gasteiger partial charge in [-0.1, -0.05) is 0 Å². The van der Waals surface area contributed by atoms with E-state index in [1.165, 1.54) is 0 Å². The van der Waals surface area contributed by atoms with E-state index in [4.69, 9.17) is 0 Å². The number of hydrogen-bond donors (Lipinski definition) is 0. The summed E-state index contributed by atoms with van der Waals surface area (Å²) in [6, 6.07) is 0. The zero-order chi connectivity index (χ0) is 17.7. The number of halogens is 10. The second kappa shape index (κ2) is 5.04. The van der Waals surface area contributed by atoms with Gasteiger partial charge in [-0.2, -0.15) is 43.9 Å². The van der Waals surface area contributed by atoms with Crippen LogP contribution >= 0.6 is 9.83 Å². The summed E-state index contributed by atoms with van der Waals surface area (Å²) in [5.41, 5.74) is 0. The van der Waals surface area contributed by atoms with Crippen molar-refractivity contribution in [2.45, 2.75) is 22.9 Å². The first-order chi connectivity index (χ1) is 8.71. The van der Waals surface area contributed by atoms with Gasteiger partial charge in [0.25, 0.3) is 17.7 Å². The largest absolute Gasteiger partial charge is 0.470 e. The maximum Gasteiger partial charge on any atom is 0.470 e. The van der Waals surface area contributed by atoms with E-state index < -0.39 is 50.4 Å². The van der Waals surface area contributed by atoms with Crippen molar-refractivity contribution in [2.75, 3.05) is 0 Å². The van der Waals surface area contributed by atoms with E-state index >= 15 is 0 Å². The second-order valence-electron chi connectivity index (χ2n) is 3.01. The Bertz CT molecular complexity index is 541. The third-order valence-electron chi connectivity index (χ3n) is 1.47. The van der Waals surface area contributed by atoms with Crippen LogP contribution in [-0.2, 0) is 17.7 Å². The lowest BCUT2D eigenvalue weighted by Gasteiger charge is -2.22. The minimum Gasteiger partial charge on any atom is -0.210 e. The van der Waals surface area contributed by atoms with Crippen molar-refractivity contribution in [1.29, 1.82) is 0 Å². The molecule has 0 spiro atoms. The molecule has 0 atom stereocenters. The van der Waals surface area contributed by atoms with E-state index in [1.807, 2.05) is 0 Å². The van der Waals surface area contributed by atoms with E-state index in [9.17, 15) is 60.7 Å². The molecular weight excluding hydrogens is 398 g/mol. The number of rotatable bonds is 4. The van der Waals surface area contributed by atoms with Gasteiger partial charge >= 0.3 is 22.9 Å². The Morgan fingerprint density at radius 1 is 0.524 bits per heavy atom. The van der Waals surface area contributed by atoms with E-state index in [1.54, 1.807) is 0 Å². The average molecular weight is 398 g/mol. The van der Waals surface area contributed by atoms with Gasteiger partial charge in [0, 0.05) is 0 Å². The molecule has 0 aliphatic rings. The van der Waals surface area contributed by atoms with E-state index in [0.29, 0.717) is 0 Å². The first-order valence-electron chi connectivity index (χ1n) is 3.80. The topological polar surface area (TPSA) is 68.3 Å². The molecule has 0 aromatic carbocycles. The van der Waals surface area contributed by atoms with Crippen molar-refractivity contribution in [3.05, 3.63) is 0 Å². The molecule has 0 amide bonds. The fourth-order valence-electron chi connectivity index (χ4n) is 0.487. The summed E-state index contributed by atoms with van der Waals surface area (Å²) < 4.78 is 162. The molecule has 0 rings (SSSR count). The summed E-state index contributed by atoms with van der Waals surface area (Å²) in [6.45, 7) is 0. The maximum atomic E-state index is 12.4. The van der Waals surface area contributed by atoms with Crippen LogP contribution < -0.4 is 0 Å². The molecule has 0 aliphatic carbocycles. The van der Waals surface area contributed by atoms with Gasteiger partial charge in [0.05, 0.1) is 0 Å². The molecule has 0 saturated heterocycles. The molecular formula is C4F10O4S3. The fourth-order valence-corrected chi connectivity index (χ4v) is 6.91. The van der Waals surface area contributed by atoms with E-state index in [0.717, 1.165) is 0 Å². The fraction of sp³-hybridized carbons (Fsp3) is 1.00. The summed E-state index contributed by atoms with van der Waals surface area (Å²) in [6.07, 6.45) is -13.9. The van der Waals surface area contributed by atoms with Crippen molar-refractivity contribution in [3.63, 3.8) is 0 Å². The summed E-state index contributed by atoms with van der Waals surface area (Å²) in [7, 11) is -17.5. The molecule has 21 heavy (non-hydrogen) atoms. The smallest absolute Gasteiger partial charge is 0.210 e. The SMILES string of the molecule is O=S(=O)(SS(=O)(=O)C(F)(F)C(F)(F)F)C(F)(F)C(F)(F)F. The normalized spacial score (nSPS) is 16.1. The predicted octanol–water partition coefficient (Wildman–Crippen LogP) is 2.69. The van der Waals surface area contributed by atoms with E-state index in [2.05, 4.69) is 0 Å². The van der Waals surface area contributed by atoms with Gasteiger partial charge in [-0.05, 0) is 0 Å². The Morgan fingerprint density at radius 3 is 0.857 bits per heavy atom. The lowest BCUT2D eigenvalue weighted by atomic mass is 10.7. The van der Waals surface area contributed by atoms with Crippen LogP contribution in [0.2, 0.25) is 0 Å². The predicted molar refractivity (Wildman–Crippen MR) is 47.4 cm³/mol. The van der Waals surface area contributed by atoms with E-state index in [-0.39, 0.29) is 0 Å². The van der Waals surface area contributed by atoms with Crippen LogP contribution in [0.25, 0.3) is 0 Å². The zero-order valence-electron chi connectivity index (χ0n) is 8.64. The number of alkyl halides is 10. The van der Waals surface area contributed by atoms with Crippen molar-refractivity contribution >= 4 is 27.6 Å². The molecule has 0 aromatic rings. The molecule has 17 heteroatoms. The summed E-state index contributed by atoms with van der Waals surface area (Å²) in [5.74, 6) is 0. The minimum absolute atomic E-state index is 2.82. The second-order valence-corrected chi connectivity index (χ2v) is 10.2. The molecule has 0 heterocycles. The lowest BCUT2D eigenvalue weighted by Crippen LogP contribution is -2.46. The summed E-state index contributed by atoms with van der Waals surface area (Å²) in [4.78, 5) is 0. The quantitative estimate of drug-likeness (QED) is 0.538. The first kappa shape index (κ1) is 20.6. The summed E-state index contributed by atoms with van der Waals surface area (Å²) >= 11 is 0. The lowest BCUT2D eigenvalue weighted by molar-refractivity contribution is -0.240. The monoisotopic (exact) mass is 398 g/mol. The van der Waals surface area contributed by atoms with Crippen molar-refractivity contribution in [2.24, 2.45) is 0 Å². The van der Waals surface area contributed by atoms with Crippen molar-refractivity contribution in [3.8, 4) is 0 Å². The van der Waals surface area contributed by atoms with Crippen molar-refractivity contribution in [1.82, 2.24) is 0 Å². The standard InChI is InChI=1S/C4F10O4S3/c5-1(6,7)3(11,12)20(15,16)19-21(17,18)4(13,14)2(8,9)10. The van der Waals surface area contributed by atoms with Crippen molar-refractivity contribution < 1.29 is 60.7 Å². The van der Waals surface area contributed by atoms with Crippen LogP contribution in [0.4, 0.5) is 43.9 Å². The van der Waals surface area contributed by atoms with Crippen LogP contribution in [0.15, 0.2) is 0 Å². The molecule has 4 nitrogen and oxygen atoms in total. The molecule has 128 valence electrons. The molecule has 0 fully saturated rings. The Morgan fingerprint density at radius 2 is 0.714 bits per heavy atom. The van der Waals surface area contributed by atoms with Crippen LogP contribution in [0.5, 0.6) is 0 Å². The first-order valence-corrected chi connectivity index (χ1v) is 8.61. The van der Waals surface area contributed by atoms with Gasteiger partial charge in [-0.3, -0.25) is 0 Å². The molecule has 0 radical (unpaired) electrons. The third-order valence-corrected chi connectivity index (χ3v) is 9.10. The molecule has 0 bridgehead atoms. The van der Waals surface area contributed by atoms with Crippen LogP contribution in [0.3, 0.4) is 0 Å². The third kappa shape index (κ3) is 3.49. The van der Waals surface area contributed by atoms with Crippen LogP contribution in [0, 0.1) is 0 Å². The number of hydrogen-bond acceptors (Lipinski definition) is 5. The molecule has 0 unspecified atom stereocenters. The molecule has 0 saturated carbocycles. The van der Waals surface area contributed by atoms with Gasteiger partial charge < -0.3 is 0 Å². The highest BCUT2D eigenvalue weighted by atomic mass is 33.5. The van der Waals surface area contributed by atoms with Crippen LogP contribution in [-0.4, -0.2) is 39.7 Å². The highest BCUT2D eigenvalue weighted by Crippen LogP contribution is 2.51. The van der Waals surface area contributed by atoms with Gasteiger partial charge in [-0.25, -0.2) is 16.8 Å². The Kier molecular flexibility index (Phi) is 4.93. The Balaban J connectivity index is 5.91. The zero-order valence-corrected chi connectivity index (χ0v) is 11.1.